The molecular formula is C18H27ClN2O2. The molecule has 4 nitrogen and oxygen atoms in total. The van der Waals surface area contributed by atoms with E-state index in [0.717, 1.165) is 44.3 Å². The van der Waals surface area contributed by atoms with Crippen molar-refractivity contribution in [1.29, 1.82) is 0 Å². The van der Waals surface area contributed by atoms with Gasteiger partial charge in [0.1, 0.15) is 0 Å². The molecule has 23 heavy (non-hydrogen) atoms. The fourth-order valence-electron chi connectivity index (χ4n) is 3.78. The van der Waals surface area contributed by atoms with Crippen LogP contribution in [0.5, 0.6) is 0 Å². The van der Waals surface area contributed by atoms with Gasteiger partial charge in [-0.3, -0.25) is 4.79 Å². The standard InChI is InChI=1S/C18H26N2O2.ClH/c1-19-16-7-11-20(12-8-16)17(21)18(9-13-22-14-10-18)15-5-3-2-4-6-15;/h2-6,16,19H,7-14H2,1H3;1H. The summed E-state index contributed by atoms with van der Waals surface area (Å²) >= 11 is 0. The van der Waals surface area contributed by atoms with E-state index in [1.807, 2.05) is 25.2 Å². The van der Waals surface area contributed by atoms with Crippen LogP contribution in [-0.4, -0.2) is 50.2 Å². The molecule has 0 saturated carbocycles. The van der Waals surface area contributed by atoms with Gasteiger partial charge in [-0.15, -0.1) is 12.4 Å². The molecule has 0 bridgehead atoms. The first-order valence-corrected chi connectivity index (χ1v) is 8.36. The van der Waals surface area contributed by atoms with E-state index in [4.69, 9.17) is 4.74 Å². The van der Waals surface area contributed by atoms with E-state index in [0.29, 0.717) is 25.2 Å². The zero-order chi connectivity index (χ0) is 15.4. The summed E-state index contributed by atoms with van der Waals surface area (Å²) in [6.45, 7) is 3.07. The Labute approximate surface area is 145 Å². The quantitative estimate of drug-likeness (QED) is 0.920. The van der Waals surface area contributed by atoms with Gasteiger partial charge in [0, 0.05) is 32.3 Å². The molecule has 5 heteroatoms. The highest BCUT2D eigenvalue weighted by Crippen LogP contribution is 2.37. The maximum absolute atomic E-state index is 13.3. The lowest BCUT2D eigenvalue weighted by molar-refractivity contribution is -0.142. The van der Waals surface area contributed by atoms with Gasteiger partial charge >= 0.3 is 0 Å². The number of piperidine rings is 1. The molecule has 1 aromatic rings. The molecule has 1 amide bonds. The van der Waals surface area contributed by atoms with Crippen molar-refractivity contribution >= 4 is 18.3 Å². The monoisotopic (exact) mass is 338 g/mol. The minimum absolute atomic E-state index is 0. The average Bonchev–Trinajstić information content (AvgIpc) is 2.62. The molecule has 0 unspecified atom stereocenters. The van der Waals surface area contributed by atoms with Gasteiger partial charge in [-0.1, -0.05) is 30.3 Å². The molecule has 0 aliphatic carbocycles. The lowest BCUT2D eigenvalue weighted by Gasteiger charge is -2.42. The summed E-state index contributed by atoms with van der Waals surface area (Å²) in [5.74, 6) is 0.302. The number of carbonyl (C=O) groups is 1. The summed E-state index contributed by atoms with van der Waals surface area (Å²) in [6, 6.07) is 10.8. The first-order valence-electron chi connectivity index (χ1n) is 8.36. The molecule has 3 rings (SSSR count). The van der Waals surface area contributed by atoms with Crippen molar-refractivity contribution in [2.24, 2.45) is 0 Å². The van der Waals surface area contributed by atoms with Crippen LogP contribution in [0.4, 0.5) is 0 Å². The molecule has 2 saturated heterocycles. The summed E-state index contributed by atoms with van der Waals surface area (Å²) < 4.78 is 5.54. The first-order chi connectivity index (χ1) is 10.8. The van der Waals surface area contributed by atoms with Crippen molar-refractivity contribution in [3.63, 3.8) is 0 Å². The second-order valence-corrected chi connectivity index (χ2v) is 6.42. The number of halogens is 1. The molecule has 1 aromatic carbocycles. The number of rotatable bonds is 3. The van der Waals surface area contributed by atoms with Crippen molar-refractivity contribution in [2.45, 2.75) is 37.1 Å². The molecule has 2 aliphatic rings. The van der Waals surface area contributed by atoms with Gasteiger partial charge in [-0.25, -0.2) is 0 Å². The highest BCUT2D eigenvalue weighted by Gasteiger charge is 2.44. The fraction of sp³-hybridized carbons (Fsp3) is 0.611. The Bertz CT molecular complexity index is 495. The molecule has 0 spiro atoms. The molecule has 0 aromatic heterocycles. The number of likely N-dealkylation sites (tertiary alicyclic amines) is 1. The van der Waals surface area contributed by atoms with Crippen LogP contribution in [0, 0.1) is 0 Å². The van der Waals surface area contributed by atoms with Crippen LogP contribution in [0.2, 0.25) is 0 Å². The number of hydrogen-bond acceptors (Lipinski definition) is 3. The molecule has 2 fully saturated rings. The highest BCUT2D eigenvalue weighted by atomic mass is 35.5. The van der Waals surface area contributed by atoms with E-state index < -0.39 is 0 Å². The van der Waals surface area contributed by atoms with Crippen molar-refractivity contribution in [3.8, 4) is 0 Å². The molecule has 0 radical (unpaired) electrons. The number of nitrogens with zero attached hydrogens (tertiary/aromatic N) is 1. The Morgan fingerprint density at radius 1 is 1.17 bits per heavy atom. The minimum Gasteiger partial charge on any atom is -0.381 e. The van der Waals surface area contributed by atoms with Crippen LogP contribution in [0.3, 0.4) is 0 Å². The maximum Gasteiger partial charge on any atom is 0.233 e. The van der Waals surface area contributed by atoms with E-state index in [2.05, 4.69) is 22.3 Å². The second-order valence-electron chi connectivity index (χ2n) is 6.42. The average molecular weight is 339 g/mol. The normalized spacial score (nSPS) is 21.5. The van der Waals surface area contributed by atoms with Crippen LogP contribution < -0.4 is 5.32 Å². The summed E-state index contributed by atoms with van der Waals surface area (Å²) in [6.07, 6.45) is 3.68. The van der Waals surface area contributed by atoms with Crippen LogP contribution in [0.1, 0.15) is 31.2 Å². The molecular weight excluding hydrogens is 312 g/mol. The Morgan fingerprint density at radius 2 is 1.78 bits per heavy atom. The summed E-state index contributed by atoms with van der Waals surface area (Å²) in [7, 11) is 2.01. The van der Waals surface area contributed by atoms with Gasteiger partial charge in [0.25, 0.3) is 0 Å². The number of ether oxygens (including phenoxy) is 1. The van der Waals surface area contributed by atoms with Crippen molar-refractivity contribution < 1.29 is 9.53 Å². The van der Waals surface area contributed by atoms with Crippen molar-refractivity contribution in [3.05, 3.63) is 35.9 Å². The Balaban J connectivity index is 0.00000192. The number of amides is 1. The van der Waals surface area contributed by atoms with Gasteiger partial charge < -0.3 is 15.0 Å². The lowest BCUT2D eigenvalue weighted by Crippen LogP contribution is -2.53. The van der Waals surface area contributed by atoms with E-state index in [1.165, 1.54) is 0 Å². The number of benzene rings is 1. The SMILES string of the molecule is CNC1CCN(C(=O)C2(c3ccccc3)CCOCC2)CC1.Cl. The third-order valence-corrected chi connectivity index (χ3v) is 5.27. The van der Waals surface area contributed by atoms with Crippen LogP contribution in [-0.2, 0) is 14.9 Å². The zero-order valence-corrected chi connectivity index (χ0v) is 14.6. The first kappa shape index (κ1) is 18.2. The second kappa shape index (κ2) is 8.13. The summed E-state index contributed by atoms with van der Waals surface area (Å²) in [4.78, 5) is 15.4. The van der Waals surface area contributed by atoms with Gasteiger partial charge in [0.2, 0.25) is 5.91 Å². The van der Waals surface area contributed by atoms with Crippen molar-refractivity contribution in [1.82, 2.24) is 10.2 Å². The Kier molecular flexibility index (Phi) is 6.45. The maximum atomic E-state index is 13.3. The molecule has 128 valence electrons. The number of nitrogens with one attached hydrogen (secondary N) is 1. The third-order valence-electron chi connectivity index (χ3n) is 5.27. The molecule has 2 aliphatic heterocycles. The Hall–Kier alpha value is -1.10. The smallest absolute Gasteiger partial charge is 0.233 e. The lowest BCUT2D eigenvalue weighted by atomic mass is 9.72. The van der Waals surface area contributed by atoms with E-state index >= 15 is 0 Å². The topological polar surface area (TPSA) is 41.6 Å². The molecule has 0 atom stereocenters. The largest absolute Gasteiger partial charge is 0.381 e. The number of hydrogen-bond donors (Lipinski definition) is 1. The third kappa shape index (κ3) is 3.70. The highest BCUT2D eigenvalue weighted by molar-refractivity contribution is 5.88. The van der Waals surface area contributed by atoms with Gasteiger partial charge in [0.05, 0.1) is 5.41 Å². The Morgan fingerprint density at radius 3 is 2.35 bits per heavy atom. The van der Waals surface area contributed by atoms with Crippen LogP contribution in [0.15, 0.2) is 30.3 Å². The fourth-order valence-corrected chi connectivity index (χ4v) is 3.78. The zero-order valence-electron chi connectivity index (χ0n) is 13.8. The van der Waals surface area contributed by atoms with Gasteiger partial charge in [-0.2, -0.15) is 0 Å². The van der Waals surface area contributed by atoms with Gasteiger partial charge in [-0.05, 0) is 38.3 Å². The molecule has 2 heterocycles. The predicted molar refractivity (Wildman–Crippen MR) is 94.1 cm³/mol. The minimum atomic E-state index is -0.383. The summed E-state index contributed by atoms with van der Waals surface area (Å²) in [5.41, 5.74) is 0.769. The predicted octanol–water partition coefficient (Wildman–Crippen LogP) is 2.37. The van der Waals surface area contributed by atoms with Gasteiger partial charge in [0.15, 0.2) is 0 Å². The van der Waals surface area contributed by atoms with Crippen molar-refractivity contribution in [2.75, 3.05) is 33.4 Å². The van der Waals surface area contributed by atoms with E-state index in [1.54, 1.807) is 0 Å². The number of carbonyl (C=O) groups excluding carboxylic acids is 1. The molecule has 1 N–H and O–H groups in total. The van der Waals surface area contributed by atoms with Crippen LogP contribution in [0.25, 0.3) is 0 Å². The summed E-state index contributed by atoms with van der Waals surface area (Å²) in [5, 5.41) is 3.33. The van der Waals surface area contributed by atoms with Crippen LogP contribution >= 0.6 is 12.4 Å². The van der Waals surface area contributed by atoms with E-state index in [-0.39, 0.29) is 17.8 Å². The van der Waals surface area contributed by atoms with E-state index in [9.17, 15) is 4.79 Å².